The normalized spacial score (nSPS) is 15.7. The van der Waals surface area contributed by atoms with Crippen LogP contribution in [0.5, 0.6) is 11.5 Å². The highest BCUT2D eigenvalue weighted by Crippen LogP contribution is 2.39. The molecule has 0 aromatic heterocycles. The van der Waals surface area contributed by atoms with E-state index >= 15 is 0 Å². The molecule has 0 saturated heterocycles. The maximum absolute atomic E-state index is 5.97. The molecule has 1 aliphatic rings. The number of hydrogen-bond acceptors (Lipinski definition) is 2. The van der Waals surface area contributed by atoms with E-state index in [2.05, 4.69) is 37.4 Å². The second-order valence-corrected chi connectivity index (χ2v) is 6.23. The van der Waals surface area contributed by atoms with Crippen molar-refractivity contribution in [3.05, 3.63) is 60.2 Å². The van der Waals surface area contributed by atoms with Crippen molar-refractivity contribution >= 4 is 0 Å². The van der Waals surface area contributed by atoms with Crippen LogP contribution in [0.1, 0.15) is 18.9 Å². The van der Waals surface area contributed by atoms with E-state index in [4.69, 9.17) is 9.47 Å². The fourth-order valence-corrected chi connectivity index (χ4v) is 2.77. The first kappa shape index (κ1) is 17.6. The SMILES string of the molecule is C[NH+](CCc1ccccc1)CCC1(C)Oc2ccccc2O1.[Cl-]. The summed E-state index contributed by atoms with van der Waals surface area (Å²) < 4.78 is 11.9. The van der Waals surface area contributed by atoms with Crippen molar-refractivity contribution in [1.82, 2.24) is 0 Å². The highest BCUT2D eigenvalue weighted by molar-refractivity contribution is 5.42. The zero-order chi connectivity index (χ0) is 15.4. The van der Waals surface area contributed by atoms with Crippen LogP contribution in [0.25, 0.3) is 0 Å². The fourth-order valence-electron chi connectivity index (χ4n) is 2.77. The minimum atomic E-state index is -0.530. The monoisotopic (exact) mass is 333 g/mol. The molecule has 2 aromatic rings. The number of ether oxygens (including phenoxy) is 2. The molecule has 1 aliphatic heterocycles. The molecule has 0 saturated carbocycles. The van der Waals surface area contributed by atoms with Crippen molar-refractivity contribution in [2.45, 2.75) is 25.6 Å². The number of fused-ring (bicyclic) bond motifs is 1. The van der Waals surface area contributed by atoms with E-state index in [1.807, 2.05) is 31.2 Å². The van der Waals surface area contributed by atoms with Gasteiger partial charge in [0.2, 0.25) is 0 Å². The van der Waals surface area contributed by atoms with E-state index < -0.39 is 5.79 Å². The number of quaternary nitrogens is 1. The van der Waals surface area contributed by atoms with Gasteiger partial charge in [-0.25, -0.2) is 0 Å². The van der Waals surface area contributed by atoms with Gasteiger partial charge in [-0.3, -0.25) is 0 Å². The molecule has 0 radical (unpaired) electrons. The average molecular weight is 334 g/mol. The van der Waals surface area contributed by atoms with E-state index in [1.165, 1.54) is 10.5 Å². The molecule has 0 bridgehead atoms. The Balaban J connectivity index is 0.00000192. The third-order valence-corrected chi connectivity index (χ3v) is 4.19. The summed E-state index contributed by atoms with van der Waals surface area (Å²) in [4.78, 5) is 1.49. The average Bonchev–Trinajstić information content (AvgIpc) is 2.88. The van der Waals surface area contributed by atoms with Crippen molar-refractivity contribution in [3.8, 4) is 11.5 Å². The molecular weight excluding hydrogens is 310 g/mol. The smallest absolute Gasteiger partial charge is 0.254 e. The van der Waals surface area contributed by atoms with Gasteiger partial charge in [0, 0.05) is 13.3 Å². The van der Waals surface area contributed by atoms with Gasteiger partial charge in [0.05, 0.1) is 26.6 Å². The number of rotatable bonds is 6. The van der Waals surface area contributed by atoms with E-state index in [0.29, 0.717) is 0 Å². The maximum Gasteiger partial charge on any atom is 0.254 e. The molecule has 1 unspecified atom stereocenters. The zero-order valence-corrected chi connectivity index (χ0v) is 14.5. The summed E-state index contributed by atoms with van der Waals surface area (Å²) in [6, 6.07) is 18.5. The minimum Gasteiger partial charge on any atom is -1.00 e. The minimum absolute atomic E-state index is 0. The van der Waals surface area contributed by atoms with Gasteiger partial charge in [-0.15, -0.1) is 0 Å². The van der Waals surface area contributed by atoms with Crippen LogP contribution in [0, 0.1) is 0 Å². The van der Waals surface area contributed by atoms with Crippen LogP contribution < -0.4 is 26.8 Å². The molecule has 1 heterocycles. The largest absolute Gasteiger partial charge is 1.00 e. The molecule has 1 N–H and O–H groups in total. The second-order valence-electron chi connectivity index (χ2n) is 6.23. The summed E-state index contributed by atoms with van der Waals surface area (Å²) in [6.45, 7) is 4.17. The second kappa shape index (κ2) is 7.71. The lowest BCUT2D eigenvalue weighted by atomic mass is 10.1. The van der Waals surface area contributed by atoms with E-state index in [-0.39, 0.29) is 12.4 Å². The number of para-hydroxylation sites is 2. The van der Waals surface area contributed by atoms with E-state index in [0.717, 1.165) is 37.4 Å². The van der Waals surface area contributed by atoms with Gasteiger partial charge in [0.1, 0.15) is 0 Å². The summed E-state index contributed by atoms with van der Waals surface area (Å²) in [7, 11) is 2.23. The third kappa shape index (κ3) is 4.63. The Bertz CT molecular complexity index is 593. The van der Waals surface area contributed by atoms with Gasteiger partial charge in [-0.2, -0.15) is 0 Å². The molecule has 0 spiro atoms. The summed E-state index contributed by atoms with van der Waals surface area (Å²) >= 11 is 0. The number of halogens is 1. The van der Waals surface area contributed by atoms with Crippen LogP contribution in [0.15, 0.2) is 54.6 Å². The highest BCUT2D eigenvalue weighted by Gasteiger charge is 2.37. The molecule has 2 aromatic carbocycles. The molecule has 3 nitrogen and oxygen atoms in total. The van der Waals surface area contributed by atoms with Gasteiger partial charge < -0.3 is 26.8 Å². The summed E-state index contributed by atoms with van der Waals surface area (Å²) in [5.41, 5.74) is 1.40. The Kier molecular flexibility index (Phi) is 5.91. The van der Waals surface area contributed by atoms with Gasteiger partial charge in [-0.05, 0) is 17.7 Å². The predicted molar refractivity (Wildman–Crippen MR) is 87.5 cm³/mol. The molecule has 23 heavy (non-hydrogen) atoms. The Labute approximate surface area is 144 Å². The molecule has 0 amide bonds. The predicted octanol–water partition coefficient (Wildman–Crippen LogP) is -0.674. The van der Waals surface area contributed by atoms with Crippen LogP contribution >= 0.6 is 0 Å². The first-order chi connectivity index (χ1) is 10.6. The number of hydrogen-bond donors (Lipinski definition) is 1. The Morgan fingerprint density at radius 3 is 2.04 bits per heavy atom. The number of benzene rings is 2. The lowest BCUT2D eigenvalue weighted by molar-refractivity contribution is -0.880. The lowest BCUT2D eigenvalue weighted by Crippen LogP contribution is -3.09. The Hall–Kier alpha value is -1.71. The first-order valence-corrected chi connectivity index (χ1v) is 7.97. The highest BCUT2D eigenvalue weighted by atomic mass is 35.5. The van der Waals surface area contributed by atoms with E-state index in [9.17, 15) is 0 Å². The van der Waals surface area contributed by atoms with Crippen LogP contribution in [0.4, 0.5) is 0 Å². The molecule has 124 valence electrons. The summed E-state index contributed by atoms with van der Waals surface area (Å²) in [5, 5.41) is 0. The van der Waals surface area contributed by atoms with Gasteiger partial charge >= 0.3 is 0 Å². The van der Waals surface area contributed by atoms with Crippen molar-refractivity contribution in [1.29, 1.82) is 0 Å². The molecule has 4 heteroatoms. The van der Waals surface area contributed by atoms with Crippen LogP contribution in [-0.2, 0) is 6.42 Å². The van der Waals surface area contributed by atoms with Crippen molar-refractivity contribution in [3.63, 3.8) is 0 Å². The number of likely N-dealkylation sites (N-methyl/N-ethyl adjacent to an activating group) is 1. The van der Waals surface area contributed by atoms with E-state index in [1.54, 1.807) is 0 Å². The van der Waals surface area contributed by atoms with Crippen molar-refractivity contribution in [2.75, 3.05) is 20.1 Å². The van der Waals surface area contributed by atoms with Crippen LogP contribution in [-0.4, -0.2) is 25.9 Å². The molecular formula is C19H24ClNO2. The van der Waals surface area contributed by atoms with Gasteiger partial charge in [-0.1, -0.05) is 42.5 Å². The Morgan fingerprint density at radius 2 is 1.43 bits per heavy atom. The molecule has 1 atom stereocenters. The maximum atomic E-state index is 5.97. The molecule has 0 aliphatic carbocycles. The standard InChI is InChI=1S/C19H23NO2.ClH/c1-19(21-17-10-6-7-11-18(17)22-19)13-15-20(2)14-12-16-8-4-3-5-9-16;/h3-11H,12-15H2,1-2H3;1H. The van der Waals surface area contributed by atoms with Crippen molar-refractivity contribution in [2.24, 2.45) is 0 Å². The summed E-state index contributed by atoms with van der Waals surface area (Å²) in [6.07, 6.45) is 1.98. The number of nitrogens with one attached hydrogen (secondary N) is 1. The van der Waals surface area contributed by atoms with Crippen LogP contribution in [0.2, 0.25) is 0 Å². The fraction of sp³-hybridized carbons (Fsp3) is 0.368. The van der Waals surface area contributed by atoms with Crippen molar-refractivity contribution < 1.29 is 26.8 Å². The van der Waals surface area contributed by atoms with Crippen LogP contribution in [0.3, 0.4) is 0 Å². The summed E-state index contributed by atoms with van der Waals surface area (Å²) in [5.74, 6) is 1.18. The van der Waals surface area contributed by atoms with Gasteiger partial charge in [0.25, 0.3) is 5.79 Å². The quantitative estimate of drug-likeness (QED) is 0.757. The Morgan fingerprint density at radius 1 is 0.870 bits per heavy atom. The zero-order valence-electron chi connectivity index (χ0n) is 13.7. The lowest BCUT2D eigenvalue weighted by Gasteiger charge is -2.24. The topological polar surface area (TPSA) is 22.9 Å². The molecule has 0 fully saturated rings. The first-order valence-electron chi connectivity index (χ1n) is 7.97. The third-order valence-electron chi connectivity index (χ3n) is 4.19. The molecule has 3 rings (SSSR count). The van der Waals surface area contributed by atoms with Gasteiger partial charge in [0.15, 0.2) is 11.5 Å².